The first-order chi connectivity index (χ1) is 11.7. The lowest BCUT2D eigenvalue weighted by Crippen LogP contribution is -2.40. The molecule has 142 valence electrons. The molecule has 1 fully saturated rings. The van der Waals surface area contributed by atoms with Crippen LogP contribution in [0.4, 0.5) is 0 Å². The van der Waals surface area contributed by atoms with Gasteiger partial charge in [0.25, 0.3) is 0 Å². The molecule has 0 aromatic carbocycles. The summed E-state index contributed by atoms with van der Waals surface area (Å²) in [6.45, 7) is 11.6. The second kappa shape index (κ2) is 9.73. The lowest BCUT2D eigenvalue weighted by atomic mass is 9.97. The Morgan fingerprint density at radius 3 is 2.88 bits per heavy atom. The lowest BCUT2D eigenvalue weighted by Gasteiger charge is -2.22. The van der Waals surface area contributed by atoms with Gasteiger partial charge in [-0.05, 0) is 44.4 Å². The first-order valence-corrected chi connectivity index (χ1v) is 9.61. The van der Waals surface area contributed by atoms with Crippen molar-refractivity contribution >= 4 is 29.9 Å². The molecule has 1 unspecified atom stereocenters. The van der Waals surface area contributed by atoms with Crippen LogP contribution in [0, 0.1) is 11.8 Å². The molecule has 1 saturated heterocycles. The van der Waals surface area contributed by atoms with Crippen LogP contribution in [0.25, 0.3) is 0 Å². The molecule has 2 aliphatic rings. The number of aromatic nitrogens is 3. The number of rotatable bonds is 5. The average Bonchev–Trinajstić information content (AvgIpc) is 3.18. The van der Waals surface area contributed by atoms with Crippen molar-refractivity contribution in [2.24, 2.45) is 16.8 Å². The van der Waals surface area contributed by atoms with E-state index < -0.39 is 0 Å². The molecule has 0 aliphatic carbocycles. The number of halogens is 1. The van der Waals surface area contributed by atoms with Gasteiger partial charge in [0.1, 0.15) is 12.4 Å². The van der Waals surface area contributed by atoms with E-state index in [0.29, 0.717) is 6.54 Å². The standard InChI is InChI=1S/C18H32N6.HI/c1-4-19-18(23-10-8-15(13-23)11-14(2)3)20-12-17-22-21-16-7-5-6-9-24(16)17;/h14-15H,4-13H2,1-3H3,(H,19,20);1H. The minimum Gasteiger partial charge on any atom is -0.357 e. The van der Waals surface area contributed by atoms with Gasteiger partial charge in [-0.1, -0.05) is 13.8 Å². The molecule has 1 aromatic heterocycles. The van der Waals surface area contributed by atoms with Crippen LogP contribution >= 0.6 is 24.0 Å². The zero-order valence-corrected chi connectivity index (χ0v) is 18.2. The Kier molecular flexibility index (Phi) is 7.96. The molecule has 1 aromatic rings. The van der Waals surface area contributed by atoms with Crippen LogP contribution in [0.5, 0.6) is 0 Å². The van der Waals surface area contributed by atoms with Crippen LogP contribution in [0.2, 0.25) is 0 Å². The highest BCUT2D eigenvalue weighted by Crippen LogP contribution is 2.23. The smallest absolute Gasteiger partial charge is 0.194 e. The average molecular weight is 460 g/mol. The van der Waals surface area contributed by atoms with Crippen LogP contribution in [0.1, 0.15) is 58.1 Å². The van der Waals surface area contributed by atoms with Gasteiger partial charge < -0.3 is 14.8 Å². The number of nitrogens with zero attached hydrogens (tertiary/aromatic N) is 5. The molecule has 6 nitrogen and oxygen atoms in total. The normalized spacial score (nSPS) is 20.6. The van der Waals surface area contributed by atoms with E-state index in [9.17, 15) is 0 Å². The maximum Gasteiger partial charge on any atom is 0.194 e. The predicted octanol–water partition coefficient (Wildman–Crippen LogP) is 3.07. The Balaban J connectivity index is 0.00000225. The maximum atomic E-state index is 4.87. The number of fused-ring (bicyclic) bond motifs is 1. The van der Waals surface area contributed by atoms with Crippen molar-refractivity contribution < 1.29 is 0 Å². The molecular weight excluding hydrogens is 427 g/mol. The fourth-order valence-corrected chi connectivity index (χ4v) is 3.94. The van der Waals surface area contributed by atoms with Gasteiger partial charge in [-0.25, -0.2) is 4.99 Å². The summed E-state index contributed by atoms with van der Waals surface area (Å²) in [4.78, 5) is 7.29. The summed E-state index contributed by atoms with van der Waals surface area (Å²) in [5, 5.41) is 12.2. The van der Waals surface area contributed by atoms with E-state index in [4.69, 9.17) is 4.99 Å². The third kappa shape index (κ3) is 5.31. The first-order valence-electron chi connectivity index (χ1n) is 9.61. The first kappa shape index (κ1) is 20.5. The molecule has 0 amide bonds. The SMILES string of the molecule is CCNC(=NCc1nnc2n1CCCC2)N1CCC(CC(C)C)C1.I. The highest BCUT2D eigenvalue weighted by atomic mass is 127. The minimum atomic E-state index is 0. The summed E-state index contributed by atoms with van der Waals surface area (Å²) < 4.78 is 2.27. The fourth-order valence-electron chi connectivity index (χ4n) is 3.94. The maximum absolute atomic E-state index is 4.87. The summed E-state index contributed by atoms with van der Waals surface area (Å²) in [7, 11) is 0. The van der Waals surface area contributed by atoms with Gasteiger partial charge in [0.05, 0.1) is 0 Å². The highest BCUT2D eigenvalue weighted by Gasteiger charge is 2.25. The second-order valence-corrected chi connectivity index (χ2v) is 7.54. The monoisotopic (exact) mass is 460 g/mol. The van der Waals surface area contributed by atoms with Gasteiger partial charge in [0, 0.05) is 32.6 Å². The number of guanidine groups is 1. The van der Waals surface area contributed by atoms with Crippen LogP contribution in [-0.4, -0.2) is 45.3 Å². The lowest BCUT2D eigenvalue weighted by molar-refractivity contribution is 0.403. The van der Waals surface area contributed by atoms with Crippen molar-refractivity contribution in [1.82, 2.24) is 25.0 Å². The minimum absolute atomic E-state index is 0. The zero-order valence-electron chi connectivity index (χ0n) is 15.9. The number of likely N-dealkylation sites (tertiary alicyclic amines) is 1. The van der Waals surface area contributed by atoms with Crippen molar-refractivity contribution in [1.29, 1.82) is 0 Å². The molecule has 1 atom stereocenters. The van der Waals surface area contributed by atoms with Crippen LogP contribution < -0.4 is 5.32 Å². The number of aliphatic imine (C=N–C) groups is 1. The molecule has 7 heteroatoms. The predicted molar refractivity (Wildman–Crippen MR) is 112 cm³/mol. The summed E-state index contributed by atoms with van der Waals surface area (Å²) >= 11 is 0. The number of nitrogens with one attached hydrogen (secondary N) is 1. The Morgan fingerprint density at radius 1 is 1.28 bits per heavy atom. The van der Waals surface area contributed by atoms with Crippen molar-refractivity contribution in [3.63, 3.8) is 0 Å². The van der Waals surface area contributed by atoms with Crippen molar-refractivity contribution in [3.05, 3.63) is 11.6 Å². The van der Waals surface area contributed by atoms with E-state index in [0.717, 1.165) is 62.0 Å². The van der Waals surface area contributed by atoms with E-state index >= 15 is 0 Å². The number of aryl methyl sites for hydroxylation is 1. The summed E-state index contributed by atoms with van der Waals surface area (Å²) in [6.07, 6.45) is 6.11. The largest absolute Gasteiger partial charge is 0.357 e. The van der Waals surface area contributed by atoms with Crippen molar-refractivity contribution in [2.75, 3.05) is 19.6 Å². The van der Waals surface area contributed by atoms with Gasteiger partial charge >= 0.3 is 0 Å². The van der Waals surface area contributed by atoms with E-state index in [-0.39, 0.29) is 24.0 Å². The van der Waals surface area contributed by atoms with Crippen LogP contribution in [-0.2, 0) is 19.5 Å². The summed E-state index contributed by atoms with van der Waals surface area (Å²) in [6, 6.07) is 0. The van der Waals surface area contributed by atoms with Crippen LogP contribution in [0.15, 0.2) is 4.99 Å². The second-order valence-electron chi connectivity index (χ2n) is 7.54. The molecule has 2 aliphatic heterocycles. The third-order valence-electron chi connectivity index (χ3n) is 5.03. The quantitative estimate of drug-likeness (QED) is 0.417. The Hall–Kier alpha value is -0.860. The topological polar surface area (TPSA) is 58.3 Å². The third-order valence-corrected chi connectivity index (χ3v) is 5.03. The molecule has 1 N–H and O–H groups in total. The molecule has 0 spiro atoms. The number of hydrogen-bond acceptors (Lipinski definition) is 3. The molecule has 0 saturated carbocycles. The van der Waals surface area contributed by atoms with Gasteiger partial charge in [0.15, 0.2) is 11.8 Å². The highest BCUT2D eigenvalue weighted by molar-refractivity contribution is 14.0. The number of hydrogen-bond donors (Lipinski definition) is 1. The van der Waals surface area contributed by atoms with E-state index in [1.165, 1.54) is 25.7 Å². The van der Waals surface area contributed by atoms with E-state index in [1.807, 2.05) is 0 Å². The van der Waals surface area contributed by atoms with E-state index in [2.05, 4.69) is 45.8 Å². The summed E-state index contributed by atoms with van der Waals surface area (Å²) in [5.74, 6) is 4.76. The summed E-state index contributed by atoms with van der Waals surface area (Å²) in [5.41, 5.74) is 0. The van der Waals surface area contributed by atoms with Gasteiger partial charge in [-0.15, -0.1) is 34.2 Å². The Bertz CT molecular complexity index is 568. The van der Waals surface area contributed by atoms with Gasteiger partial charge in [0.2, 0.25) is 0 Å². The molecule has 3 heterocycles. The molecule has 0 bridgehead atoms. The molecule has 25 heavy (non-hydrogen) atoms. The van der Waals surface area contributed by atoms with E-state index in [1.54, 1.807) is 0 Å². The van der Waals surface area contributed by atoms with Crippen LogP contribution in [0.3, 0.4) is 0 Å². The molecule has 3 rings (SSSR count). The Morgan fingerprint density at radius 2 is 2.12 bits per heavy atom. The fraction of sp³-hybridized carbons (Fsp3) is 0.833. The molecule has 0 radical (unpaired) electrons. The van der Waals surface area contributed by atoms with Gasteiger partial charge in [-0.3, -0.25) is 0 Å². The molecular formula is C18H33IN6. The Labute approximate surface area is 168 Å². The van der Waals surface area contributed by atoms with Crippen molar-refractivity contribution in [2.45, 2.75) is 66.0 Å². The van der Waals surface area contributed by atoms with Crippen molar-refractivity contribution in [3.8, 4) is 0 Å². The van der Waals surface area contributed by atoms with Gasteiger partial charge in [-0.2, -0.15) is 0 Å². The zero-order chi connectivity index (χ0) is 16.9.